The van der Waals surface area contributed by atoms with Gasteiger partial charge in [0.25, 0.3) is 5.91 Å². The van der Waals surface area contributed by atoms with E-state index in [2.05, 4.69) is 5.32 Å². The molecule has 0 bridgehead atoms. The zero-order valence-electron chi connectivity index (χ0n) is 13.0. The monoisotopic (exact) mass is 321 g/mol. The molecule has 24 heavy (non-hydrogen) atoms. The predicted octanol–water partition coefficient (Wildman–Crippen LogP) is 2.31. The zero-order valence-corrected chi connectivity index (χ0v) is 13.0. The van der Waals surface area contributed by atoms with E-state index >= 15 is 0 Å². The molecule has 0 aliphatic carbocycles. The highest BCUT2D eigenvalue weighted by Crippen LogP contribution is 2.33. The Hall–Kier alpha value is -3.33. The molecule has 1 aliphatic rings. The molecule has 1 atom stereocenters. The second-order valence-corrected chi connectivity index (χ2v) is 5.39. The van der Waals surface area contributed by atoms with Gasteiger partial charge in [-0.3, -0.25) is 9.59 Å². The predicted molar refractivity (Wildman–Crippen MR) is 88.7 cm³/mol. The molecule has 3 rings (SSSR count). The first kappa shape index (κ1) is 15.6. The molecule has 0 radical (unpaired) electrons. The van der Waals surface area contributed by atoms with Gasteiger partial charge in [-0.2, -0.15) is 5.26 Å². The summed E-state index contributed by atoms with van der Waals surface area (Å²) in [6.07, 6.45) is -0.824. The summed E-state index contributed by atoms with van der Waals surface area (Å²) in [7, 11) is 0. The molecular weight excluding hydrogens is 306 g/mol. The van der Waals surface area contributed by atoms with Crippen LogP contribution in [0.1, 0.15) is 12.5 Å². The number of nitriles is 1. The van der Waals surface area contributed by atoms with Gasteiger partial charge in [0.05, 0.1) is 23.9 Å². The summed E-state index contributed by atoms with van der Waals surface area (Å²) >= 11 is 0. The van der Waals surface area contributed by atoms with Crippen LogP contribution in [-0.4, -0.2) is 24.5 Å². The number of nitrogens with one attached hydrogen (secondary N) is 1. The van der Waals surface area contributed by atoms with Gasteiger partial charge in [0.2, 0.25) is 5.91 Å². The Morgan fingerprint density at radius 1 is 1.25 bits per heavy atom. The van der Waals surface area contributed by atoms with Crippen molar-refractivity contribution in [1.29, 1.82) is 5.26 Å². The summed E-state index contributed by atoms with van der Waals surface area (Å²) in [4.78, 5) is 25.9. The van der Waals surface area contributed by atoms with Crippen LogP contribution in [0.15, 0.2) is 48.5 Å². The van der Waals surface area contributed by atoms with Gasteiger partial charge in [-0.1, -0.05) is 18.2 Å². The van der Waals surface area contributed by atoms with Crippen molar-refractivity contribution in [2.45, 2.75) is 13.0 Å². The number of hydrogen-bond donors (Lipinski definition) is 1. The number of rotatable bonds is 2. The van der Waals surface area contributed by atoms with Crippen molar-refractivity contribution in [2.75, 3.05) is 16.8 Å². The highest BCUT2D eigenvalue weighted by molar-refractivity contribution is 5.99. The van der Waals surface area contributed by atoms with E-state index in [1.807, 2.05) is 12.1 Å². The maximum Gasteiger partial charge on any atom is 0.267 e. The van der Waals surface area contributed by atoms with Crippen molar-refractivity contribution >= 4 is 23.2 Å². The normalized spacial score (nSPS) is 15.7. The Morgan fingerprint density at radius 3 is 2.79 bits per heavy atom. The number of carbonyl (C=O) groups excluding carboxylic acids is 2. The Kier molecular flexibility index (Phi) is 4.17. The third-order valence-corrected chi connectivity index (χ3v) is 3.71. The molecule has 6 heteroatoms. The van der Waals surface area contributed by atoms with Crippen LogP contribution in [0.5, 0.6) is 5.75 Å². The number of benzene rings is 2. The number of fused-ring (bicyclic) bond motifs is 1. The third-order valence-electron chi connectivity index (χ3n) is 3.71. The molecule has 120 valence electrons. The van der Waals surface area contributed by atoms with E-state index in [1.54, 1.807) is 42.5 Å². The third kappa shape index (κ3) is 3.06. The smallest absolute Gasteiger partial charge is 0.267 e. The minimum Gasteiger partial charge on any atom is -0.476 e. The van der Waals surface area contributed by atoms with E-state index in [0.29, 0.717) is 22.7 Å². The lowest BCUT2D eigenvalue weighted by Gasteiger charge is -2.33. The van der Waals surface area contributed by atoms with Crippen molar-refractivity contribution in [1.82, 2.24) is 0 Å². The zero-order chi connectivity index (χ0) is 17.1. The van der Waals surface area contributed by atoms with Gasteiger partial charge in [0, 0.05) is 12.6 Å². The van der Waals surface area contributed by atoms with Crippen LogP contribution in [0.3, 0.4) is 0 Å². The second-order valence-electron chi connectivity index (χ2n) is 5.39. The summed E-state index contributed by atoms with van der Waals surface area (Å²) in [6, 6.07) is 15.7. The first-order valence-electron chi connectivity index (χ1n) is 7.43. The van der Waals surface area contributed by atoms with Crippen LogP contribution in [0.2, 0.25) is 0 Å². The number of hydrogen-bond acceptors (Lipinski definition) is 4. The Labute approximate surface area is 139 Å². The standard InChI is InChI=1S/C18H15N3O3/c1-12(22)21-11-17(24-16-8-3-2-7-15(16)21)18(23)20-14-6-4-5-13(9-14)10-19/h2-9,17H,11H2,1H3,(H,20,23)/t17-/m0/s1. The van der Waals surface area contributed by atoms with E-state index in [1.165, 1.54) is 11.8 Å². The topological polar surface area (TPSA) is 82.4 Å². The van der Waals surface area contributed by atoms with E-state index in [-0.39, 0.29) is 18.4 Å². The largest absolute Gasteiger partial charge is 0.476 e. The average molecular weight is 321 g/mol. The fourth-order valence-electron chi connectivity index (χ4n) is 2.56. The molecule has 1 heterocycles. The van der Waals surface area contributed by atoms with Gasteiger partial charge in [0.1, 0.15) is 5.75 Å². The molecule has 0 spiro atoms. The molecule has 2 aromatic carbocycles. The molecule has 0 saturated carbocycles. The summed E-state index contributed by atoms with van der Waals surface area (Å²) in [6.45, 7) is 1.59. The van der Waals surface area contributed by atoms with Crippen LogP contribution in [0, 0.1) is 11.3 Å². The number of amides is 2. The molecule has 2 aromatic rings. The van der Waals surface area contributed by atoms with Crippen LogP contribution >= 0.6 is 0 Å². The maximum atomic E-state index is 12.5. The molecule has 0 fully saturated rings. The molecule has 0 aromatic heterocycles. The molecule has 0 unspecified atom stereocenters. The lowest BCUT2D eigenvalue weighted by molar-refractivity contribution is -0.123. The second kappa shape index (κ2) is 6.42. The van der Waals surface area contributed by atoms with E-state index in [9.17, 15) is 9.59 Å². The van der Waals surface area contributed by atoms with Gasteiger partial charge in [-0.15, -0.1) is 0 Å². The minimum absolute atomic E-state index is 0.135. The molecule has 6 nitrogen and oxygen atoms in total. The van der Waals surface area contributed by atoms with Crippen LogP contribution in [-0.2, 0) is 9.59 Å². The molecular formula is C18H15N3O3. The number of carbonyl (C=O) groups is 2. The highest BCUT2D eigenvalue weighted by Gasteiger charge is 2.32. The fourth-order valence-corrected chi connectivity index (χ4v) is 2.56. The van der Waals surface area contributed by atoms with Crippen molar-refractivity contribution in [3.8, 4) is 11.8 Å². The quantitative estimate of drug-likeness (QED) is 0.920. The SMILES string of the molecule is CC(=O)N1C[C@@H](C(=O)Nc2cccc(C#N)c2)Oc2ccccc21. The van der Waals surface area contributed by atoms with Gasteiger partial charge in [-0.05, 0) is 30.3 Å². The molecule has 1 aliphatic heterocycles. The maximum absolute atomic E-state index is 12.5. The van der Waals surface area contributed by atoms with Crippen molar-refractivity contribution in [3.63, 3.8) is 0 Å². The number of para-hydroxylation sites is 2. The van der Waals surface area contributed by atoms with Crippen LogP contribution in [0.4, 0.5) is 11.4 Å². The highest BCUT2D eigenvalue weighted by atomic mass is 16.5. The summed E-state index contributed by atoms with van der Waals surface area (Å²) < 4.78 is 5.73. The molecule has 0 saturated heterocycles. The van der Waals surface area contributed by atoms with Crippen molar-refractivity contribution in [2.24, 2.45) is 0 Å². The Morgan fingerprint density at radius 2 is 2.04 bits per heavy atom. The van der Waals surface area contributed by atoms with E-state index in [0.717, 1.165) is 0 Å². The Bertz CT molecular complexity index is 841. The molecule has 2 amide bonds. The van der Waals surface area contributed by atoms with E-state index < -0.39 is 6.10 Å². The first-order valence-corrected chi connectivity index (χ1v) is 7.43. The summed E-state index contributed by atoms with van der Waals surface area (Å²) in [5.41, 5.74) is 1.62. The van der Waals surface area contributed by atoms with Gasteiger partial charge in [-0.25, -0.2) is 0 Å². The average Bonchev–Trinajstić information content (AvgIpc) is 2.60. The van der Waals surface area contributed by atoms with E-state index in [4.69, 9.17) is 10.00 Å². The van der Waals surface area contributed by atoms with Gasteiger partial charge in [0.15, 0.2) is 6.10 Å². The van der Waals surface area contributed by atoms with Crippen LogP contribution in [0.25, 0.3) is 0 Å². The van der Waals surface area contributed by atoms with Crippen molar-refractivity contribution < 1.29 is 14.3 Å². The lowest BCUT2D eigenvalue weighted by Crippen LogP contribution is -2.48. The fraction of sp³-hybridized carbons (Fsp3) is 0.167. The lowest BCUT2D eigenvalue weighted by atomic mass is 10.1. The number of nitrogens with zero attached hydrogens (tertiary/aromatic N) is 2. The first-order chi connectivity index (χ1) is 11.6. The molecule has 1 N–H and O–H groups in total. The summed E-state index contributed by atoms with van der Waals surface area (Å²) in [5, 5.41) is 11.6. The number of anilines is 2. The van der Waals surface area contributed by atoms with Crippen molar-refractivity contribution in [3.05, 3.63) is 54.1 Å². The Balaban J connectivity index is 1.81. The van der Waals surface area contributed by atoms with Gasteiger partial charge >= 0.3 is 0 Å². The van der Waals surface area contributed by atoms with Gasteiger partial charge < -0.3 is 15.0 Å². The number of ether oxygens (including phenoxy) is 1. The minimum atomic E-state index is -0.824. The summed E-state index contributed by atoms with van der Waals surface area (Å²) in [5.74, 6) is -0.0363. The van der Waals surface area contributed by atoms with Crippen LogP contribution < -0.4 is 15.0 Å².